The molecule has 1 aromatic heterocycles. The van der Waals surface area contributed by atoms with Gasteiger partial charge in [-0.05, 0) is 6.92 Å². The van der Waals surface area contributed by atoms with Crippen molar-refractivity contribution in [1.82, 2.24) is 0 Å². The quantitative estimate of drug-likeness (QED) is 0.559. The summed E-state index contributed by atoms with van der Waals surface area (Å²) >= 11 is 1.60. The van der Waals surface area contributed by atoms with Crippen molar-refractivity contribution in [2.45, 2.75) is 20.0 Å². The Morgan fingerprint density at radius 1 is 1.64 bits per heavy atom. The number of halogens is 1. The highest BCUT2D eigenvalue weighted by molar-refractivity contribution is 7.09. The van der Waals surface area contributed by atoms with Gasteiger partial charge in [0.2, 0.25) is 0 Å². The van der Waals surface area contributed by atoms with E-state index in [0.717, 1.165) is 5.01 Å². The first kappa shape index (κ1) is 11.1. The molecule has 0 aliphatic carbocycles. The Morgan fingerprint density at radius 2 is 2.18 bits per heavy atom. The standard InChI is InChI=1S/C7H12NOS.BrH/c1-5-4-10-7(6(2)9)8(5)3;/h4,6,9H,1-3H3;1H/q+1;/p-1. The Morgan fingerprint density at radius 3 is 2.36 bits per heavy atom. The van der Waals surface area contributed by atoms with Crippen LogP contribution in [0.4, 0.5) is 0 Å². The van der Waals surface area contributed by atoms with Gasteiger partial charge in [0.1, 0.15) is 13.2 Å². The maximum absolute atomic E-state index is 9.21. The summed E-state index contributed by atoms with van der Waals surface area (Å²) in [6.07, 6.45) is -0.344. The van der Waals surface area contributed by atoms with Gasteiger partial charge >= 0.3 is 0 Å². The van der Waals surface area contributed by atoms with Crippen molar-refractivity contribution in [2.24, 2.45) is 7.05 Å². The second-order valence-electron chi connectivity index (χ2n) is 2.45. The molecule has 2 nitrogen and oxygen atoms in total. The van der Waals surface area contributed by atoms with Crippen LogP contribution in [0.3, 0.4) is 0 Å². The molecule has 0 aliphatic heterocycles. The molecule has 0 amide bonds. The van der Waals surface area contributed by atoms with E-state index in [1.165, 1.54) is 5.69 Å². The summed E-state index contributed by atoms with van der Waals surface area (Å²) < 4.78 is 2.01. The monoisotopic (exact) mass is 237 g/mol. The van der Waals surface area contributed by atoms with Crippen molar-refractivity contribution >= 4 is 11.3 Å². The van der Waals surface area contributed by atoms with E-state index in [1.807, 2.05) is 23.9 Å². The molecule has 1 N–H and O–H groups in total. The van der Waals surface area contributed by atoms with Gasteiger partial charge in [-0.3, -0.25) is 0 Å². The minimum absolute atomic E-state index is 0. The number of rotatable bonds is 1. The molecule has 0 radical (unpaired) electrons. The van der Waals surface area contributed by atoms with Gasteiger partial charge in [0, 0.05) is 6.92 Å². The van der Waals surface area contributed by atoms with Gasteiger partial charge in [-0.25, -0.2) is 0 Å². The molecule has 1 rings (SSSR count). The van der Waals surface area contributed by atoms with Gasteiger partial charge in [0.05, 0.1) is 5.38 Å². The Bertz CT molecular complexity index is 234. The van der Waals surface area contributed by atoms with Crippen molar-refractivity contribution in [3.63, 3.8) is 0 Å². The Balaban J connectivity index is 0.000001000. The van der Waals surface area contributed by atoms with Crippen LogP contribution in [-0.2, 0) is 7.05 Å². The zero-order chi connectivity index (χ0) is 7.72. The molecule has 1 unspecified atom stereocenters. The summed E-state index contributed by atoms with van der Waals surface area (Å²) in [5, 5.41) is 12.3. The molecule has 4 heteroatoms. The number of aliphatic hydroxyl groups is 1. The zero-order valence-electron chi connectivity index (χ0n) is 6.84. The van der Waals surface area contributed by atoms with Crippen LogP contribution in [0, 0.1) is 6.92 Å². The van der Waals surface area contributed by atoms with Crippen molar-refractivity contribution in [3.05, 3.63) is 16.1 Å². The van der Waals surface area contributed by atoms with Gasteiger partial charge in [-0.1, -0.05) is 11.3 Å². The highest BCUT2D eigenvalue weighted by Gasteiger charge is 2.16. The van der Waals surface area contributed by atoms with Gasteiger partial charge in [-0.2, -0.15) is 4.57 Å². The SMILES string of the molecule is Cc1csc(C(C)O)[n+]1C.[Br-]. The molecular weight excluding hydrogens is 226 g/mol. The minimum atomic E-state index is -0.344. The topological polar surface area (TPSA) is 24.1 Å². The van der Waals surface area contributed by atoms with Crippen LogP contribution >= 0.6 is 11.3 Å². The van der Waals surface area contributed by atoms with E-state index < -0.39 is 0 Å². The summed E-state index contributed by atoms with van der Waals surface area (Å²) in [7, 11) is 1.97. The summed E-state index contributed by atoms with van der Waals surface area (Å²) in [6.45, 7) is 3.81. The maximum Gasteiger partial charge on any atom is 0.265 e. The molecule has 64 valence electrons. The fraction of sp³-hybridized carbons (Fsp3) is 0.571. The molecule has 11 heavy (non-hydrogen) atoms. The summed E-state index contributed by atoms with van der Waals surface area (Å²) in [6, 6.07) is 0. The molecular formula is C7H12BrNOS. The van der Waals surface area contributed by atoms with Crippen LogP contribution in [0.5, 0.6) is 0 Å². The molecule has 0 aliphatic rings. The van der Waals surface area contributed by atoms with Crippen LogP contribution in [0.25, 0.3) is 0 Å². The molecule has 0 saturated heterocycles. The number of thiazole rings is 1. The number of aliphatic hydroxyl groups excluding tert-OH is 1. The summed E-state index contributed by atoms with van der Waals surface area (Å²) in [5.74, 6) is 0. The van der Waals surface area contributed by atoms with Crippen LogP contribution in [0.1, 0.15) is 23.7 Å². The lowest BCUT2D eigenvalue weighted by Crippen LogP contribution is -3.00. The fourth-order valence-electron chi connectivity index (χ4n) is 0.856. The summed E-state index contributed by atoms with van der Waals surface area (Å²) in [4.78, 5) is 0. The summed E-state index contributed by atoms with van der Waals surface area (Å²) in [5.41, 5.74) is 1.20. The predicted molar refractivity (Wildman–Crippen MR) is 40.9 cm³/mol. The second-order valence-corrected chi connectivity index (χ2v) is 3.34. The van der Waals surface area contributed by atoms with Crippen LogP contribution < -0.4 is 21.5 Å². The first-order valence-electron chi connectivity index (χ1n) is 3.25. The highest BCUT2D eigenvalue weighted by Crippen LogP contribution is 2.13. The predicted octanol–water partition coefficient (Wildman–Crippen LogP) is -2.06. The molecule has 0 fully saturated rings. The van der Waals surface area contributed by atoms with Gasteiger partial charge in [-0.15, -0.1) is 0 Å². The van der Waals surface area contributed by atoms with E-state index in [2.05, 4.69) is 0 Å². The van der Waals surface area contributed by atoms with Crippen molar-refractivity contribution in [3.8, 4) is 0 Å². The molecule has 1 heterocycles. The lowest BCUT2D eigenvalue weighted by molar-refractivity contribution is -0.683. The van der Waals surface area contributed by atoms with Crippen molar-refractivity contribution in [1.29, 1.82) is 0 Å². The first-order chi connectivity index (χ1) is 4.63. The Labute approximate surface area is 81.3 Å². The zero-order valence-corrected chi connectivity index (χ0v) is 9.24. The van der Waals surface area contributed by atoms with E-state index in [9.17, 15) is 5.11 Å². The van der Waals surface area contributed by atoms with E-state index in [0.29, 0.717) is 0 Å². The fourth-order valence-corrected chi connectivity index (χ4v) is 1.80. The van der Waals surface area contributed by atoms with E-state index in [1.54, 1.807) is 18.3 Å². The Kier molecular flexibility index (Phi) is 4.21. The van der Waals surface area contributed by atoms with E-state index >= 15 is 0 Å². The third-order valence-electron chi connectivity index (χ3n) is 1.57. The Hall–Kier alpha value is 0.0700. The van der Waals surface area contributed by atoms with Crippen molar-refractivity contribution < 1.29 is 26.7 Å². The van der Waals surface area contributed by atoms with Gasteiger partial charge < -0.3 is 22.1 Å². The maximum atomic E-state index is 9.21. The number of hydrogen-bond acceptors (Lipinski definition) is 2. The molecule has 0 bridgehead atoms. The van der Waals surface area contributed by atoms with E-state index in [-0.39, 0.29) is 23.1 Å². The third-order valence-corrected chi connectivity index (χ3v) is 2.88. The lowest BCUT2D eigenvalue weighted by atomic mass is 10.4. The smallest absolute Gasteiger partial charge is 0.265 e. The van der Waals surface area contributed by atoms with E-state index in [4.69, 9.17) is 0 Å². The number of nitrogens with zero attached hydrogens (tertiary/aromatic N) is 1. The van der Waals surface area contributed by atoms with Crippen LogP contribution in [0.15, 0.2) is 5.38 Å². The number of aryl methyl sites for hydroxylation is 1. The van der Waals surface area contributed by atoms with Crippen molar-refractivity contribution in [2.75, 3.05) is 0 Å². The highest BCUT2D eigenvalue weighted by atomic mass is 79.9. The normalized spacial score (nSPS) is 12.4. The average molecular weight is 238 g/mol. The number of aromatic nitrogens is 1. The van der Waals surface area contributed by atoms with Crippen LogP contribution in [0.2, 0.25) is 0 Å². The first-order valence-corrected chi connectivity index (χ1v) is 4.13. The third kappa shape index (κ3) is 2.25. The molecule has 0 saturated carbocycles. The molecule has 1 aromatic rings. The number of hydrogen-bond donors (Lipinski definition) is 1. The molecule has 1 atom stereocenters. The van der Waals surface area contributed by atoms with Crippen LogP contribution in [-0.4, -0.2) is 5.11 Å². The molecule has 0 aromatic carbocycles. The lowest BCUT2D eigenvalue weighted by Gasteiger charge is -1.94. The average Bonchev–Trinajstić information content (AvgIpc) is 2.14. The second kappa shape index (κ2) is 4.18. The minimum Gasteiger partial charge on any atom is -1.00 e. The van der Waals surface area contributed by atoms with Gasteiger partial charge in [0.25, 0.3) is 5.01 Å². The van der Waals surface area contributed by atoms with Gasteiger partial charge in [0.15, 0.2) is 5.69 Å². The largest absolute Gasteiger partial charge is 1.00 e. The molecule has 0 spiro atoms.